The Morgan fingerprint density at radius 1 is 1.25 bits per heavy atom. The second-order valence-corrected chi connectivity index (χ2v) is 7.73. The highest BCUT2D eigenvalue weighted by molar-refractivity contribution is 7.13. The van der Waals surface area contributed by atoms with Crippen LogP contribution in [0.3, 0.4) is 0 Å². The SMILES string of the molecule is CC(=O)Nc1ccc(C(=O)N[C@H]2CCN(c3cc(-c4cccs4)[nH]n3)C2)cc1. The Bertz CT molecular complexity index is 965. The first-order valence-electron chi connectivity index (χ1n) is 9.11. The summed E-state index contributed by atoms with van der Waals surface area (Å²) in [6, 6.07) is 13.1. The van der Waals surface area contributed by atoms with E-state index in [1.54, 1.807) is 35.6 Å². The van der Waals surface area contributed by atoms with Crippen molar-refractivity contribution in [2.75, 3.05) is 23.3 Å². The molecule has 1 fully saturated rings. The van der Waals surface area contributed by atoms with Gasteiger partial charge in [0, 0.05) is 43.4 Å². The van der Waals surface area contributed by atoms with Crippen LogP contribution in [0.15, 0.2) is 47.8 Å². The largest absolute Gasteiger partial charge is 0.353 e. The number of nitrogens with one attached hydrogen (secondary N) is 3. The lowest BCUT2D eigenvalue weighted by Crippen LogP contribution is -2.37. The van der Waals surface area contributed by atoms with E-state index in [9.17, 15) is 9.59 Å². The number of nitrogens with zero attached hydrogens (tertiary/aromatic N) is 2. The minimum absolute atomic E-state index is 0.0735. The summed E-state index contributed by atoms with van der Waals surface area (Å²) in [6.45, 7) is 3.03. The number of H-pyrrole nitrogens is 1. The predicted octanol–water partition coefficient (Wildman–Crippen LogP) is 3.11. The number of anilines is 2. The molecule has 0 spiro atoms. The van der Waals surface area contributed by atoms with Crippen LogP contribution in [0.1, 0.15) is 23.7 Å². The highest BCUT2D eigenvalue weighted by Crippen LogP contribution is 2.27. The summed E-state index contributed by atoms with van der Waals surface area (Å²) in [6.07, 6.45) is 0.872. The van der Waals surface area contributed by atoms with Crippen LogP contribution in [-0.4, -0.2) is 41.1 Å². The number of benzene rings is 1. The van der Waals surface area contributed by atoms with Gasteiger partial charge in [0.2, 0.25) is 5.91 Å². The highest BCUT2D eigenvalue weighted by Gasteiger charge is 2.26. The second kappa shape index (κ2) is 7.85. The number of carbonyl (C=O) groups excluding carboxylic acids is 2. The van der Waals surface area contributed by atoms with Gasteiger partial charge in [-0.25, -0.2) is 0 Å². The fraction of sp³-hybridized carbons (Fsp3) is 0.250. The smallest absolute Gasteiger partial charge is 0.251 e. The number of aromatic nitrogens is 2. The maximum absolute atomic E-state index is 12.5. The number of carbonyl (C=O) groups is 2. The molecule has 1 aliphatic heterocycles. The Morgan fingerprint density at radius 2 is 2.07 bits per heavy atom. The number of aromatic amines is 1. The van der Waals surface area contributed by atoms with Crippen molar-refractivity contribution in [1.29, 1.82) is 0 Å². The minimum atomic E-state index is -0.135. The number of hydrogen-bond acceptors (Lipinski definition) is 5. The molecule has 3 aromatic rings. The fourth-order valence-corrected chi connectivity index (χ4v) is 3.99. The molecule has 1 aromatic carbocycles. The zero-order valence-corrected chi connectivity index (χ0v) is 16.3. The molecule has 28 heavy (non-hydrogen) atoms. The van der Waals surface area contributed by atoms with Crippen LogP contribution >= 0.6 is 11.3 Å². The molecule has 7 nitrogen and oxygen atoms in total. The predicted molar refractivity (Wildman–Crippen MR) is 111 cm³/mol. The van der Waals surface area contributed by atoms with Gasteiger partial charge in [0.1, 0.15) is 0 Å². The third-order valence-corrected chi connectivity index (χ3v) is 5.57. The van der Waals surface area contributed by atoms with Crippen LogP contribution in [0.25, 0.3) is 10.6 Å². The van der Waals surface area contributed by atoms with Gasteiger partial charge < -0.3 is 15.5 Å². The summed E-state index contributed by atoms with van der Waals surface area (Å²) in [5, 5.41) is 15.3. The van der Waals surface area contributed by atoms with E-state index >= 15 is 0 Å². The fourth-order valence-electron chi connectivity index (χ4n) is 3.29. The number of hydrogen-bond donors (Lipinski definition) is 3. The van der Waals surface area contributed by atoms with Crippen LogP contribution < -0.4 is 15.5 Å². The molecule has 1 aliphatic rings. The van der Waals surface area contributed by atoms with Gasteiger partial charge in [-0.3, -0.25) is 14.7 Å². The molecule has 0 saturated carbocycles. The summed E-state index contributed by atoms with van der Waals surface area (Å²) in [4.78, 5) is 26.9. The molecule has 0 radical (unpaired) electrons. The molecule has 0 aliphatic carbocycles. The average Bonchev–Trinajstić information content (AvgIpc) is 3.42. The van der Waals surface area contributed by atoms with Gasteiger partial charge in [-0.15, -0.1) is 11.3 Å². The van der Waals surface area contributed by atoms with Crippen LogP contribution in [-0.2, 0) is 4.79 Å². The van der Waals surface area contributed by atoms with Crippen molar-refractivity contribution in [3.05, 3.63) is 53.4 Å². The molecular formula is C20H21N5O2S. The molecule has 3 N–H and O–H groups in total. The van der Waals surface area contributed by atoms with Gasteiger partial charge in [-0.2, -0.15) is 5.10 Å². The molecule has 1 atom stereocenters. The van der Waals surface area contributed by atoms with E-state index in [1.807, 2.05) is 11.4 Å². The van der Waals surface area contributed by atoms with Gasteiger partial charge in [-0.1, -0.05) is 6.07 Å². The summed E-state index contributed by atoms with van der Waals surface area (Å²) in [5.41, 5.74) is 2.26. The van der Waals surface area contributed by atoms with Crippen LogP contribution in [0, 0.1) is 0 Å². The standard InChI is InChI=1S/C20H21N5O2S/c1-13(26)21-15-6-4-14(5-7-15)20(27)22-16-8-9-25(12-16)19-11-17(23-24-19)18-3-2-10-28-18/h2-7,10-11,16H,8-9,12H2,1H3,(H,21,26)(H,22,27)(H,23,24)/t16-/m0/s1. The minimum Gasteiger partial charge on any atom is -0.353 e. The Kier molecular flexibility index (Phi) is 5.12. The first-order valence-corrected chi connectivity index (χ1v) is 9.99. The normalized spacial score (nSPS) is 16.2. The van der Waals surface area contributed by atoms with E-state index in [2.05, 4.69) is 37.9 Å². The van der Waals surface area contributed by atoms with Crippen molar-refractivity contribution in [3.8, 4) is 10.6 Å². The quantitative estimate of drug-likeness (QED) is 0.619. The monoisotopic (exact) mass is 395 g/mol. The third-order valence-electron chi connectivity index (χ3n) is 4.67. The van der Waals surface area contributed by atoms with E-state index in [0.29, 0.717) is 11.3 Å². The Hall–Kier alpha value is -3.13. The molecule has 8 heteroatoms. The van der Waals surface area contributed by atoms with E-state index in [1.165, 1.54) is 6.92 Å². The van der Waals surface area contributed by atoms with Crippen LogP contribution in [0.2, 0.25) is 0 Å². The van der Waals surface area contributed by atoms with Gasteiger partial charge in [0.15, 0.2) is 5.82 Å². The number of thiophene rings is 1. The summed E-state index contributed by atoms with van der Waals surface area (Å²) in [7, 11) is 0. The molecule has 144 valence electrons. The van der Waals surface area contributed by atoms with E-state index < -0.39 is 0 Å². The average molecular weight is 395 g/mol. The van der Waals surface area contributed by atoms with Crippen LogP contribution in [0.4, 0.5) is 11.5 Å². The van der Waals surface area contributed by atoms with E-state index in [0.717, 1.165) is 35.9 Å². The number of rotatable bonds is 5. The number of amides is 2. The van der Waals surface area contributed by atoms with Crippen molar-refractivity contribution in [2.45, 2.75) is 19.4 Å². The molecule has 1 saturated heterocycles. The Labute approximate surface area is 166 Å². The molecule has 0 bridgehead atoms. The second-order valence-electron chi connectivity index (χ2n) is 6.78. The molecule has 4 rings (SSSR count). The lowest BCUT2D eigenvalue weighted by atomic mass is 10.1. The van der Waals surface area contributed by atoms with Crippen molar-refractivity contribution < 1.29 is 9.59 Å². The zero-order chi connectivity index (χ0) is 19.5. The summed E-state index contributed by atoms with van der Waals surface area (Å²) in [5.74, 6) is 0.659. The Morgan fingerprint density at radius 3 is 2.79 bits per heavy atom. The van der Waals surface area contributed by atoms with E-state index in [4.69, 9.17) is 0 Å². The molecule has 3 heterocycles. The van der Waals surface area contributed by atoms with Crippen molar-refractivity contribution in [2.24, 2.45) is 0 Å². The zero-order valence-electron chi connectivity index (χ0n) is 15.4. The van der Waals surface area contributed by atoms with Crippen molar-refractivity contribution in [3.63, 3.8) is 0 Å². The first kappa shape index (κ1) is 18.2. The van der Waals surface area contributed by atoms with Crippen LogP contribution in [0.5, 0.6) is 0 Å². The maximum atomic E-state index is 12.5. The van der Waals surface area contributed by atoms with E-state index in [-0.39, 0.29) is 17.9 Å². The summed E-state index contributed by atoms with van der Waals surface area (Å²) < 4.78 is 0. The lowest BCUT2D eigenvalue weighted by molar-refractivity contribution is -0.114. The lowest BCUT2D eigenvalue weighted by Gasteiger charge is -2.16. The van der Waals surface area contributed by atoms with Gasteiger partial charge >= 0.3 is 0 Å². The maximum Gasteiger partial charge on any atom is 0.251 e. The van der Waals surface area contributed by atoms with Gasteiger partial charge in [-0.05, 0) is 42.1 Å². The Balaban J connectivity index is 1.34. The van der Waals surface area contributed by atoms with Gasteiger partial charge in [0.25, 0.3) is 5.91 Å². The topological polar surface area (TPSA) is 90.1 Å². The van der Waals surface area contributed by atoms with Crippen molar-refractivity contribution >= 4 is 34.7 Å². The molecule has 2 aromatic heterocycles. The first-order chi connectivity index (χ1) is 13.6. The van der Waals surface area contributed by atoms with Crippen molar-refractivity contribution in [1.82, 2.24) is 15.5 Å². The molecule has 0 unspecified atom stereocenters. The van der Waals surface area contributed by atoms with Gasteiger partial charge in [0.05, 0.1) is 10.6 Å². The molecule has 2 amide bonds. The highest BCUT2D eigenvalue weighted by atomic mass is 32.1. The molecular weight excluding hydrogens is 374 g/mol. The third kappa shape index (κ3) is 4.07. The summed E-state index contributed by atoms with van der Waals surface area (Å²) >= 11 is 1.67.